The van der Waals surface area contributed by atoms with Gasteiger partial charge in [-0.25, -0.2) is 0 Å². The van der Waals surface area contributed by atoms with Crippen molar-refractivity contribution in [3.63, 3.8) is 0 Å². The van der Waals surface area contributed by atoms with E-state index in [1.807, 2.05) is 27.7 Å². The number of hydrogen-bond donors (Lipinski definition) is 1. The molecule has 1 amide bonds. The quantitative estimate of drug-likeness (QED) is 0.661. The van der Waals surface area contributed by atoms with Crippen molar-refractivity contribution < 1.29 is 9.59 Å². The van der Waals surface area contributed by atoms with Crippen LogP contribution in [0, 0.1) is 5.41 Å². The summed E-state index contributed by atoms with van der Waals surface area (Å²) in [5, 5.41) is 3.30. The second-order valence-corrected chi connectivity index (χ2v) is 7.04. The fraction of sp³-hybridized carbons (Fsp3) is 0.579. The minimum Gasteiger partial charge on any atom is -0.387 e. The van der Waals surface area contributed by atoms with Gasteiger partial charge in [-0.3, -0.25) is 9.59 Å². The van der Waals surface area contributed by atoms with Crippen LogP contribution in [0.15, 0.2) is 36.7 Å². The molecule has 0 bridgehead atoms. The Morgan fingerprint density at radius 2 is 1.96 bits per heavy atom. The zero-order chi connectivity index (χ0) is 17.6. The first-order valence-corrected chi connectivity index (χ1v) is 8.34. The van der Waals surface area contributed by atoms with E-state index in [2.05, 4.69) is 18.5 Å². The Kier molecular flexibility index (Phi) is 6.79. The molecule has 1 heterocycles. The Labute approximate surface area is 140 Å². The van der Waals surface area contributed by atoms with E-state index >= 15 is 0 Å². The molecule has 1 rings (SSSR count). The van der Waals surface area contributed by atoms with E-state index in [0.29, 0.717) is 17.9 Å². The van der Waals surface area contributed by atoms with Gasteiger partial charge in [-0.1, -0.05) is 40.9 Å². The molecule has 0 spiro atoms. The lowest BCUT2D eigenvalue weighted by molar-refractivity contribution is -0.126. The lowest BCUT2D eigenvalue weighted by atomic mass is 9.88. The number of ketones is 1. The SMILES string of the molecule is C=C(NCCCCC(=O)C(C)(C)C)C(CC)N1C(=C)C=CC1=O. The van der Waals surface area contributed by atoms with Crippen molar-refractivity contribution in [1.82, 2.24) is 10.2 Å². The Morgan fingerprint density at radius 1 is 1.30 bits per heavy atom. The summed E-state index contributed by atoms with van der Waals surface area (Å²) in [4.78, 5) is 25.4. The van der Waals surface area contributed by atoms with Gasteiger partial charge in [-0.2, -0.15) is 0 Å². The van der Waals surface area contributed by atoms with Gasteiger partial charge in [0.15, 0.2) is 0 Å². The van der Waals surface area contributed by atoms with Gasteiger partial charge < -0.3 is 10.2 Å². The van der Waals surface area contributed by atoms with Crippen molar-refractivity contribution in [2.24, 2.45) is 5.41 Å². The fourth-order valence-electron chi connectivity index (χ4n) is 2.56. The van der Waals surface area contributed by atoms with E-state index in [4.69, 9.17) is 0 Å². The van der Waals surface area contributed by atoms with E-state index in [1.54, 1.807) is 11.0 Å². The minimum atomic E-state index is -0.256. The van der Waals surface area contributed by atoms with Gasteiger partial charge in [-0.05, 0) is 25.3 Å². The summed E-state index contributed by atoms with van der Waals surface area (Å²) in [5.41, 5.74) is 1.28. The number of nitrogens with one attached hydrogen (secondary N) is 1. The summed E-state index contributed by atoms with van der Waals surface area (Å²) < 4.78 is 0. The molecule has 0 aromatic heterocycles. The van der Waals surface area contributed by atoms with Gasteiger partial charge in [-0.15, -0.1) is 0 Å². The van der Waals surface area contributed by atoms with Crippen LogP contribution in [0.4, 0.5) is 0 Å². The van der Waals surface area contributed by atoms with E-state index < -0.39 is 0 Å². The molecule has 4 heteroatoms. The molecule has 0 saturated carbocycles. The fourth-order valence-corrected chi connectivity index (χ4v) is 2.56. The third kappa shape index (κ3) is 5.38. The van der Waals surface area contributed by atoms with Crippen LogP contribution in [0.5, 0.6) is 0 Å². The molecular weight excluding hydrogens is 288 g/mol. The number of nitrogens with zero attached hydrogens (tertiary/aromatic N) is 1. The van der Waals surface area contributed by atoms with Crippen molar-refractivity contribution in [2.45, 2.75) is 59.4 Å². The minimum absolute atomic E-state index is 0.0411. The number of rotatable bonds is 9. The molecule has 1 N–H and O–H groups in total. The predicted molar refractivity (Wildman–Crippen MR) is 94.7 cm³/mol. The van der Waals surface area contributed by atoms with Crippen molar-refractivity contribution in [3.05, 3.63) is 36.7 Å². The molecule has 128 valence electrons. The van der Waals surface area contributed by atoms with Gasteiger partial charge in [0.2, 0.25) is 0 Å². The van der Waals surface area contributed by atoms with Gasteiger partial charge >= 0.3 is 0 Å². The van der Waals surface area contributed by atoms with Crippen LogP contribution < -0.4 is 5.32 Å². The summed E-state index contributed by atoms with van der Waals surface area (Å²) in [5.74, 6) is 0.258. The third-order valence-electron chi connectivity index (χ3n) is 4.08. The van der Waals surface area contributed by atoms with E-state index in [0.717, 1.165) is 31.5 Å². The van der Waals surface area contributed by atoms with Crippen LogP contribution >= 0.6 is 0 Å². The monoisotopic (exact) mass is 318 g/mol. The summed E-state index contributed by atoms with van der Waals surface area (Å²) >= 11 is 0. The highest BCUT2D eigenvalue weighted by Crippen LogP contribution is 2.22. The number of unbranched alkanes of at least 4 members (excludes halogenated alkanes) is 1. The maximum absolute atomic E-state index is 11.9. The molecular formula is C19H30N2O2. The van der Waals surface area contributed by atoms with Gasteiger partial charge in [0, 0.05) is 35.9 Å². The number of allylic oxidation sites excluding steroid dienone is 1. The van der Waals surface area contributed by atoms with Crippen molar-refractivity contribution >= 4 is 11.7 Å². The van der Waals surface area contributed by atoms with Gasteiger partial charge in [0.25, 0.3) is 5.91 Å². The number of carbonyl (C=O) groups is 2. The highest BCUT2D eigenvalue weighted by molar-refractivity contribution is 5.93. The lowest BCUT2D eigenvalue weighted by Crippen LogP contribution is -2.40. The second-order valence-electron chi connectivity index (χ2n) is 7.04. The average molecular weight is 318 g/mol. The zero-order valence-electron chi connectivity index (χ0n) is 14.9. The predicted octanol–water partition coefficient (Wildman–Crippen LogP) is 3.57. The summed E-state index contributed by atoms with van der Waals surface area (Å²) in [6.07, 6.45) is 6.43. The van der Waals surface area contributed by atoms with Crippen molar-refractivity contribution in [1.29, 1.82) is 0 Å². The summed E-state index contributed by atoms with van der Waals surface area (Å²) in [6.45, 7) is 16.6. The standard InChI is InChI=1S/C19H30N2O2/c1-7-16(21-14(2)11-12-18(21)23)15(3)20-13-9-8-10-17(22)19(4,5)6/h11-12,16,20H,2-3,7-10,13H2,1,4-6H3. The van der Waals surface area contributed by atoms with Gasteiger partial charge in [0.1, 0.15) is 5.78 Å². The van der Waals surface area contributed by atoms with E-state index in [1.165, 1.54) is 6.08 Å². The topological polar surface area (TPSA) is 49.4 Å². The molecule has 0 aromatic rings. The molecule has 0 aliphatic carbocycles. The first kappa shape index (κ1) is 19.2. The first-order valence-electron chi connectivity index (χ1n) is 8.34. The second kappa shape index (κ2) is 8.14. The Morgan fingerprint density at radius 3 is 2.43 bits per heavy atom. The van der Waals surface area contributed by atoms with Crippen LogP contribution in [0.2, 0.25) is 0 Å². The molecule has 0 saturated heterocycles. The molecule has 1 unspecified atom stereocenters. The van der Waals surface area contributed by atoms with Crippen LogP contribution in [-0.4, -0.2) is 29.2 Å². The highest BCUT2D eigenvalue weighted by atomic mass is 16.2. The maximum atomic E-state index is 11.9. The summed E-state index contributed by atoms with van der Waals surface area (Å²) in [6, 6.07) is -0.0822. The lowest BCUT2D eigenvalue weighted by Gasteiger charge is -2.30. The van der Waals surface area contributed by atoms with Crippen molar-refractivity contribution in [3.8, 4) is 0 Å². The molecule has 1 aliphatic heterocycles. The van der Waals surface area contributed by atoms with Crippen LogP contribution in [-0.2, 0) is 9.59 Å². The molecule has 4 nitrogen and oxygen atoms in total. The molecule has 1 atom stereocenters. The largest absolute Gasteiger partial charge is 0.387 e. The van der Waals surface area contributed by atoms with Crippen LogP contribution in [0.1, 0.15) is 53.4 Å². The number of amides is 1. The number of Topliss-reactive ketones (excluding diaryl/α,β-unsaturated/α-hetero) is 1. The number of hydrogen-bond acceptors (Lipinski definition) is 3. The molecule has 0 aromatic carbocycles. The van der Waals surface area contributed by atoms with E-state index in [9.17, 15) is 9.59 Å². The zero-order valence-corrected chi connectivity index (χ0v) is 14.9. The van der Waals surface area contributed by atoms with Crippen molar-refractivity contribution in [2.75, 3.05) is 6.54 Å². The highest BCUT2D eigenvalue weighted by Gasteiger charge is 2.28. The smallest absolute Gasteiger partial charge is 0.251 e. The molecule has 1 aliphatic rings. The Balaban J connectivity index is 2.37. The molecule has 23 heavy (non-hydrogen) atoms. The average Bonchev–Trinajstić information content (AvgIpc) is 2.78. The molecule has 0 radical (unpaired) electrons. The summed E-state index contributed by atoms with van der Waals surface area (Å²) in [7, 11) is 0. The first-order chi connectivity index (χ1) is 10.7. The number of carbonyl (C=O) groups excluding carboxylic acids is 2. The van der Waals surface area contributed by atoms with Gasteiger partial charge in [0.05, 0.1) is 6.04 Å². The Bertz CT molecular complexity index is 494. The van der Waals surface area contributed by atoms with E-state index in [-0.39, 0.29) is 17.4 Å². The maximum Gasteiger partial charge on any atom is 0.251 e. The normalized spacial score (nSPS) is 15.9. The molecule has 0 fully saturated rings. The Hall–Kier alpha value is -1.84. The third-order valence-corrected chi connectivity index (χ3v) is 4.08. The van der Waals surface area contributed by atoms with Crippen LogP contribution in [0.25, 0.3) is 0 Å². The van der Waals surface area contributed by atoms with Crippen LogP contribution in [0.3, 0.4) is 0 Å².